The van der Waals surface area contributed by atoms with E-state index in [1.165, 1.54) is 0 Å². The number of aromatic nitrogens is 2. The van der Waals surface area contributed by atoms with Crippen LogP contribution in [-0.4, -0.2) is 56.8 Å². The highest BCUT2D eigenvalue weighted by Crippen LogP contribution is 2.18. The van der Waals surface area contributed by atoms with Gasteiger partial charge < -0.3 is 25.0 Å². The largest absolute Gasteiger partial charge is 0.497 e. The van der Waals surface area contributed by atoms with Gasteiger partial charge in [-0.25, -0.2) is 9.97 Å². The van der Waals surface area contributed by atoms with Gasteiger partial charge in [-0.1, -0.05) is 6.07 Å². The van der Waals surface area contributed by atoms with Crippen molar-refractivity contribution < 1.29 is 14.3 Å². The fraction of sp³-hybridized carbons (Fsp3) is 0.389. The quantitative estimate of drug-likeness (QED) is 0.655. The number of nitrogens with zero attached hydrogens (tertiary/aromatic N) is 3. The molecule has 1 aromatic heterocycles. The number of aryl methyl sites for hydroxylation is 1. The highest BCUT2D eigenvalue weighted by molar-refractivity contribution is 5.77. The van der Waals surface area contributed by atoms with E-state index in [4.69, 9.17) is 9.47 Å². The Labute approximate surface area is 153 Å². The number of carbonyl (C=O) groups is 1. The summed E-state index contributed by atoms with van der Waals surface area (Å²) in [4.78, 5) is 22.4. The summed E-state index contributed by atoms with van der Waals surface area (Å²) in [6.07, 6.45) is 0. The average molecular weight is 359 g/mol. The van der Waals surface area contributed by atoms with E-state index in [0.29, 0.717) is 30.4 Å². The standard InChI is InChI=1S/C18H25N5O3/c1-13-21-16(11-17(22-13)23(2)3)19-8-9-20-18(24)12-26-15-7-5-6-14(10-15)25-4/h5-7,10-11H,8-9,12H2,1-4H3,(H,20,24)(H,19,21,22). The minimum absolute atomic E-state index is 0.0510. The molecule has 0 bridgehead atoms. The molecule has 26 heavy (non-hydrogen) atoms. The van der Waals surface area contributed by atoms with Gasteiger partial charge in [0.05, 0.1) is 7.11 Å². The van der Waals surface area contributed by atoms with Crippen molar-refractivity contribution in [1.82, 2.24) is 15.3 Å². The summed E-state index contributed by atoms with van der Waals surface area (Å²) in [5, 5.41) is 5.97. The van der Waals surface area contributed by atoms with Crippen LogP contribution in [-0.2, 0) is 4.79 Å². The lowest BCUT2D eigenvalue weighted by molar-refractivity contribution is -0.123. The van der Waals surface area contributed by atoms with Gasteiger partial charge in [-0.15, -0.1) is 0 Å². The van der Waals surface area contributed by atoms with Gasteiger partial charge in [0, 0.05) is 39.3 Å². The molecule has 0 atom stereocenters. The monoisotopic (exact) mass is 359 g/mol. The summed E-state index contributed by atoms with van der Waals surface area (Å²) < 4.78 is 10.6. The third kappa shape index (κ3) is 6.12. The summed E-state index contributed by atoms with van der Waals surface area (Å²) in [7, 11) is 5.43. The van der Waals surface area contributed by atoms with Gasteiger partial charge in [0.2, 0.25) is 0 Å². The maximum absolute atomic E-state index is 11.9. The predicted molar refractivity (Wildman–Crippen MR) is 101 cm³/mol. The van der Waals surface area contributed by atoms with E-state index in [1.54, 1.807) is 19.2 Å². The molecule has 0 unspecified atom stereocenters. The van der Waals surface area contributed by atoms with Crippen LogP contribution < -0.4 is 25.0 Å². The zero-order valence-electron chi connectivity index (χ0n) is 15.6. The summed E-state index contributed by atoms with van der Waals surface area (Å²) in [6.45, 7) is 2.80. The van der Waals surface area contributed by atoms with E-state index in [-0.39, 0.29) is 12.5 Å². The molecule has 1 aromatic carbocycles. The topological polar surface area (TPSA) is 88.6 Å². The molecular formula is C18H25N5O3. The maximum Gasteiger partial charge on any atom is 0.258 e. The second kappa shape index (κ2) is 9.45. The molecule has 0 aliphatic rings. The number of rotatable bonds is 9. The predicted octanol–water partition coefficient (Wildman–Crippen LogP) is 1.47. The van der Waals surface area contributed by atoms with Crippen molar-refractivity contribution in [1.29, 1.82) is 0 Å². The van der Waals surface area contributed by atoms with Crippen molar-refractivity contribution in [3.05, 3.63) is 36.2 Å². The van der Waals surface area contributed by atoms with E-state index in [1.807, 2.05) is 44.1 Å². The van der Waals surface area contributed by atoms with Crippen LogP contribution >= 0.6 is 0 Å². The Kier molecular flexibility index (Phi) is 7.02. The third-order valence-electron chi connectivity index (χ3n) is 3.45. The Morgan fingerprint density at radius 3 is 2.65 bits per heavy atom. The number of benzene rings is 1. The van der Waals surface area contributed by atoms with Crippen molar-refractivity contribution in [2.75, 3.05) is 51.1 Å². The molecule has 2 N–H and O–H groups in total. The highest BCUT2D eigenvalue weighted by Gasteiger charge is 2.05. The first-order chi connectivity index (χ1) is 12.5. The second-order valence-electron chi connectivity index (χ2n) is 5.80. The van der Waals surface area contributed by atoms with Gasteiger partial charge in [-0.3, -0.25) is 4.79 Å². The van der Waals surface area contributed by atoms with E-state index in [2.05, 4.69) is 20.6 Å². The first-order valence-corrected chi connectivity index (χ1v) is 8.28. The van der Waals surface area contributed by atoms with Crippen molar-refractivity contribution in [2.24, 2.45) is 0 Å². The molecule has 1 amide bonds. The van der Waals surface area contributed by atoms with Crippen LogP contribution in [0.25, 0.3) is 0 Å². The molecule has 0 saturated carbocycles. The summed E-state index contributed by atoms with van der Waals surface area (Å²) in [5.74, 6) is 3.32. The van der Waals surface area contributed by atoms with Crippen LogP contribution in [0.5, 0.6) is 11.5 Å². The Balaban J connectivity index is 1.71. The Bertz CT molecular complexity index is 737. The average Bonchev–Trinajstić information content (AvgIpc) is 2.63. The number of hydrogen-bond donors (Lipinski definition) is 2. The number of methoxy groups -OCH3 is 1. The lowest BCUT2D eigenvalue weighted by atomic mass is 10.3. The number of ether oxygens (including phenoxy) is 2. The van der Waals surface area contributed by atoms with Crippen LogP contribution in [0.15, 0.2) is 30.3 Å². The molecule has 0 aliphatic heterocycles. The molecule has 2 aromatic rings. The van der Waals surface area contributed by atoms with Crippen LogP contribution in [0.4, 0.5) is 11.6 Å². The molecule has 0 spiro atoms. The molecule has 0 radical (unpaired) electrons. The number of anilines is 2. The van der Waals surface area contributed by atoms with Crippen molar-refractivity contribution in [2.45, 2.75) is 6.92 Å². The lowest BCUT2D eigenvalue weighted by Crippen LogP contribution is -2.32. The van der Waals surface area contributed by atoms with E-state index in [9.17, 15) is 4.79 Å². The molecule has 0 saturated heterocycles. The van der Waals surface area contributed by atoms with Gasteiger partial charge in [-0.2, -0.15) is 0 Å². The second-order valence-corrected chi connectivity index (χ2v) is 5.80. The Morgan fingerprint density at radius 1 is 1.15 bits per heavy atom. The third-order valence-corrected chi connectivity index (χ3v) is 3.45. The van der Waals surface area contributed by atoms with Crippen LogP contribution in [0.3, 0.4) is 0 Å². The molecule has 0 aliphatic carbocycles. The fourth-order valence-corrected chi connectivity index (χ4v) is 2.15. The lowest BCUT2D eigenvalue weighted by Gasteiger charge is -2.14. The summed E-state index contributed by atoms with van der Waals surface area (Å²) in [5.41, 5.74) is 0. The summed E-state index contributed by atoms with van der Waals surface area (Å²) in [6, 6.07) is 8.99. The van der Waals surface area contributed by atoms with Gasteiger partial charge >= 0.3 is 0 Å². The minimum atomic E-state index is -0.192. The smallest absolute Gasteiger partial charge is 0.258 e. The van der Waals surface area contributed by atoms with E-state index in [0.717, 1.165) is 11.6 Å². The molecule has 1 heterocycles. The van der Waals surface area contributed by atoms with Gasteiger partial charge in [0.25, 0.3) is 5.91 Å². The SMILES string of the molecule is COc1cccc(OCC(=O)NCCNc2cc(N(C)C)nc(C)n2)c1. The van der Waals surface area contributed by atoms with Crippen molar-refractivity contribution in [3.8, 4) is 11.5 Å². The van der Waals surface area contributed by atoms with E-state index < -0.39 is 0 Å². The van der Waals surface area contributed by atoms with Crippen molar-refractivity contribution in [3.63, 3.8) is 0 Å². The van der Waals surface area contributed by atoms with Gasteiger partial charge in [0.1, 0.15) is 29.0 Å². The Morgan fingerprint density at radius 2 is 1.92 bits per heavy atom. The minimum Gasteiger partial charge on any atom is -0.497 e. The first-order valence-electron chi connectivity index (χ1n) is 8.28. The van der Waals surface area contributed by atoms with Gasteiger partial charge in [0.15, 0.2) is 6.61 Å². The van der Waals surface area contributed by atoms with E-state index >= 15 is 0 Å². The maximum atomic E-state index is 11.9. The first kappa shape index (κ1) is 19.3. The number of hydrogen-bond acceptors (Lipinski definition) is 7. The van der Waals surface area contributed by atoms with Crippen molar-refractivity contribution >= 4 is 17.5 Å². The number of amides is 1. The van der Waals surface area contributed by atoms with Crippen LogP contribution in [0.1, 0.15) is 5.82 Å². The molecule has 8 heteroatoms. The van der Waals surface area contributed by atoms with Gasteiger partial charge in [-0.05, 0) is 19.1 Å². The van der Waals surface area contributed by atoms with Crippen LogP contribution in [0.2, 0.25) is 0 Å². The molecule has 140 valence electrons. The number of nitrogens with one attached hydrogen (secondary N) is 2. The fourth-order valence-electron chi connectivity index (χ4n) is 2.15. The molecular weight excluding hydrogens is 334 g/mol. The molecule has 2 rings (SSSR count). The zero-order chi connectivity index (χ0) is 18.9. The molecule has 0 fully saturated rings. The summed E-state index contributed by atoms with van der Waals surface area (Å²) >= 11 is 0. The molecule has 8 nitrogen and oxygen atoms in total. The van der Waals surface area contributed by atoms with Crippen LogP contribution in [0, 0.1) is 6.92 Å². The Hall–Kier alpha value is -3.03. The number of carbonyl (C=O) groups excluding carboxylic acids is 1. The normalized spacial score (nSPS) is 10.2. The highest BCUT2D eigenvalue weighted by atomic mass is 16.5. The zero-order valence-corrected chi connectivity index (χ0v) is 15.6.